The minimum atomic E-state index is -0.0901. The van der Waals surface area contributed by atoms with Gasteiger partial charge in [0.05, 0.1) is 18.3 Å². The molecular formula is C16H16ClN3O. The lowest BCUT2D eigenvalue weighted by molar-refractivity contribution is -0.115. The molecule has 1 aromatic carbocycles. The lowest BCUT2D eigenvalue weighted by Crippen LogP contribution is -2.15. The van der Waals surface area contributed by atoms with Crippen molar-refractivity contribution in [3.63, 3.8) is 0 Å². The molecule has 4 nitrogen and oxygen atoms in total. The Bertz CT molecular complexity index is 621. The van der Waals surface area contributed by atoms with Crippen molar-refractivity contribution in [2.75, 3.05) is 10.6 Å². The molecule has 1 aliphatic rings. The standard InChI is InChI=1S/C16H16ClN3O/c17-12-3-1-11(2-4-12)9-16(21)20-15-8-7-14(10-18-15)19-13-5-6-13/h1-4,7-8,10,13,19H,5-6,9H2,(H,18,20,21). The Morgan fingerprint density at radius 2 is 1.95 bits per heavy atom. The third kappa shape index (κ3) is 4.20. The van der Waals surface area contributed by atoms with Gasteiger partial charge in [-0.05, 0) is 42.7 Å². The number of rotatable bonds is 5. The number of anilines is 2. The SMILES string of the molecule is O=C(Cc1ccc(Cl)cc1)Nc1ccc(NC2CC2)cn1. The second kappa shape index (κ2) is 6.14. The van der Waals surface area contributed by atoms with Crippen LogP contribution in [0.4, 0.5) is 11.5 Å². The van der Waals surface area contributed by atoms with Gasteiger partial charge in [0.15, 0.2) is 0 Å². The van der Waals surface area contributed by atoms with Crippen LogP contribution in [-0.2, 0) is 11.2 Å². The molecule has 0 radical (unpaired) electrons. The summed E-state index contributed by atoms with van der Waals surface area (Å²) in [7, 11) is 0. The number of hydrogen-bond donors (Lipinski definition) is 2. The van der Waals surface area contributed by atoms with Gasteiger partial charge < -0.3 is 10.6 Å². The fraction of sp³-hybridized carbons (Fsp3) is 0.250. The Kier molecular flexibility index (Phi) is 4.06. The number of halogens is 1. The second-order valence-corrected chi connectivity index (χ2v) is 5.64. The number of carbonyl (C=O) groups excluding carboxylic acids is 1. The molecule has 5 heteroatoms. The van der Waals surface area contributed by atoms with E-state index < -0.39 is 0 Å². The van der Waals surface area contributed by atoms with E-state index in [0.717, 1.165) is 11.3 Å². The zero-order chi connectivity index (χ0) is 14.7. The van der Waals surface area contributed by atoms with Gasteiger partial charge in [-0.2, -0.15) is 0 Å². The Morgan fingerprint density at radius 1 is 1.19 bits per heavy atom. The Morgan fingerprint density at radius 3 is 2.57 bits per heavy atom. The fourth-order valence-corrected chi connectivity index (χ4v) is 2.12. The monoisotopic (exact) mass is 301 g/mol. The van der Waals surface area contributed by atoms with E-state index in [0.29, 0.717) is 23.3 Å². The van der Waals surface area contributed by atoms with Crippen LogP contribution in [0, 0.1) is 0 Å². The van der Waals surface area contributed by atoms with Gasteiger partial charge >= 0.3 is 0 Å². The van der Waals surface area contributed by atoms with Crippen LogP contribution >= 0.6 is 11.6 Å². The van der Waals surface area contributed by atoms with Crippen molar-refractivity contribution in [3.05, 3.63) is 53.2 Å². The van der Waals surface area contributed by atoms with E-state index in [-0.39, 0.29) is 5.91 Å². The summed E-state index contributed by atoms with van der Waals surface area (Å²) < 4.78 is 0. The van der Waals surface area contributed by atoms with Crippen LogP contribution in [0.2, 0.25) is 5.02 Å². The molecule has 1 aromatic heterocycles. The van der Waals surface area contributed by atoms with Crippen LogP contribution in [0.15, 0.2) is 42.6 Å². The minimum Gasteiger partial charge on any atom is -0.381 e. The maximum absolute atomic E-state index is 11.9. The van der Waals surface area contributed by atoms with Crippen LogP contribution in [0.3, 0.4) is 0 Å². The van der Waals surface area contributed by atoms with Crippen LogP contribution in [0.5, 0.6) is 0 Å². The first-order valence-electron chi connectivity index (χ1n) is 6.96. The minimum absolute atomic E-state index is 0.0901. The molecule has 0 aliphatic heterocycles. The molecule has 108 valence electrons. The quantitative estimate of drug-likeness (QED) is 0.889. The Labute approximate surface area is 128 Å². The first kappa shape index (κ1) is 13.9. The fourth-order valence-electron chi connectivity index (χ4n) is 1.99. The van der Waals surface area contributed by atoms with E-state index in [2.05, 4.69) is 15.6 Å². The van der Waals surface area contributed by atoms with Crippen molar-refractivity contribution < 1.29 is 4.79 Å². The predicted molar refractivity (Wildman–Crippen MR) is 84.7 cm³/mol. The van der Waals surface area contributed by atoms with Gasteiger partial charge in [-0.25, -0.2) is 4.98 Å². The third-order valence-electron chi connectivity index (χ3n) is 3.26. The number of benzene rings is 1. The summed E-state index contributed by atoms with van der Waals surface area (Å²) in [6.45, 7) is 0. The number of amides is 1. The predicted octanol–water partition coefficient (Wildman–Crippen LogP) is 3.49. The Balaban J connectivity index is 1.55. The summed E-state index contributed by atoms with van der Waals surface area (Å²) in [4.78, 5) is 16.2. The van der Waals surface area contributed by atoms with E-state index in [9.17, 15) is 4.79 Å². The van der Waals surface area contributed by atoms with E-state index in [1.807, 2.05) is 24.3 Å². The molecule has 0 unspecified atom stereocenters. The van der Waals surface area contributed by atoms with Gasteiger partial charge in [0.25, 0.3) is 0 Å². The highest BCUT2D eigenvalue weighted by Gasteiger charge is 2.20. The van der Waals surface area contributed by atoms with Crippen LogP contribution in [-0.4, -0.2) is 16.9 Å². The molecule has 2 N–H and O–H groups in total. The summed E-state index contributed by atoms with van der Waals surface area (Å²) in [5, 5.41) is 6.81. The lowest BCUT2D eigenvalue weighted by Gasteiger charge is -2.07. The Hall–Kier alpha value is -2.07. The highest BCUT2D eigenvalue weighted by atomic mass is 35.5. The molecular weight excluding hydrogens is 286 g/mol. The van der Waals surface area contributed by atoms with Gasteiger partial charge in [-0.3, -0.25) is 4.79 Å². The molecule has 1 fully saturated rings. The number of aromatic nitrogens is 1. The van der Waals surface area contributed by atoms with Gasteiger partial charge in [0, 0.05) is 11.1 Å². The van der Waals surface area contributed by atoms with Crippen molar-refractivity contribution >= 4 is 29.0 Å². The number of carbonyl (C=O) groups is 1. The molecule has 1 aliphatic carbocycles. The number of pyridine rings is 1. The summed E-state index contributed by atoms with van der Waals surface area (Å²) >= 11 is 5.82. The van der Waals surface area contributed by atoms with Gasteiger partial charge in [-0.15, -0.1) is 0 Å². The number of nitrogens with one attached hydrogen (secondary N) is 2. The lowest BCUT2D eigenvalue weighted by atomic mass is 10.1. The van der Waals surface area contributed by atoms with Crippen molar-refractivity contribution in [2.24, 2.45) is 0 Å². The van der Waals surface area contributed by atoms with E-state index in [1.54, 1.807) is 18.3 Å². The van der Waals surface area contributed by atoms with Crippen molar-refractivity contribution in [1.82, 2.24) is 4.98 Å². The summed E-state index contributed by atoms with van der Waals surface area (Å²) in [6, 6.07) is 11.6. The number of nitrogens with zero attached hydrogens (tertiary/aromatic N) is 1. The maximum atomic E-state index is 11.9. The zero-order valence-electron chi connectivity index (χ0n) is 11.5. The summed E-state index contributed by atoms with van der Waals surface area (Å²) in [6.07, 6.45) is 4.50. The first-order valence-corrected chi connectivity index (χ1v) is 7.34. The molecule has 21 heavy (non-hydrogen) atoms. The average Bonchev–Trinajstić information content (AvgIpc) is 3.28. The number of hydrogen-bond acceptors (Lipinski definition) is 3. The van der Waals surface area contributed by atoms with Gasteiger partial charge in [-0.1, -0.05) is 23.7 Å². The first-order chi connectivity index (χ1) is 10.2. The van der Waals surface area contributed by atoms with E-state index in [1.165, 1.54) is 12.8 Å². The average molecular weight is 302 g/mol. The highest BCUT2D eigenvalue weighted by molar-refractivity contribution is 6.30. The third-order valence-corrected chi connectivity index (χ3v) is 3.51. The summed E-state index contributed by atoms with van der Waals surface area (Å²) in [5.74, 6) is 0.475. The molecule has 0 atom stereocenters. The molecule has 0 spiro atoms. The normalized spacial score (nSPS) is 13.8. The van der Waals surface area contributed by atoms with Gasteiger partial charge in [0.1, 0.15) is 5.82 Å². The summed E-state index contributed by atoms with van der Waals surface area (Å²) in [5.41, 5.74) is 1.91. The van der Waals surface area contributed by atoms with Crippen molar-refractivity contribution in [2.45, 2.75) is 25.3 Å². The van der Waals surface area contributed by atoms with Gasteiger partial charge in [0.2, 0.25) is 5.91 Å². The topological polar surface area (TPSA) is 54.0 Å². The molecule has 3 rings (SSSR count). The smallest absolute Gasteiger partial charge is 0.229 e. The highest BCUT2D eigenvalue weighted by Crippen LogP contribution is 2.24. The van der Waals surface area contributed by atoms with Crippen LogP contribution in [0.1, 0.15) is 18.4 Å². The van der Waals surface area contributed by atoms with Crippen molar-refractivity contribution in [3.8, 4) is 0 Å². The molecule has 1 heterocycles. The maximum Gasteiger partial charge on any atom is 0.229 e. The second-order valence-electron chi connectivity index (χ2n) is 5.20. The van der Waals surface area contributed by atoms with E-state index in [4.69, 9.17) is 11.6 Å². The molecule has 0 saturated heterocycles. The molecule has 1 saturated carbocycles. The van der Waals surface area contributed by atoms with E-state index >= 15 is 0 Å². The molecule has 1 amide bonds. The molecule has 0 bridgehead atoms. The largest absolute Gasteiger partial charge is 0.381 e. The van der Waals surface area contributed by atoms with Crippen LogP contribution in [0.25, 0.3) is 0 Å². The zero-order valence-corrected chi connectivity index (χ0v) is 12.2. The van der Waals surface area contributed by atoms with Crippen molar-refractivity contribution in [1.29, 1.82) is 0 Å². The van der Waals surface area contributed by atoms with Crippen LogP contribution < -0.4 is 10.6 Å². The molecule has 2 aromatic rings.